The average molecular weight is 518 g/mol. The van der Waals surface area contributed by atoms with Gasteiger partial charge in [0.05, 0.1) is 18.6 Å². The molecule has 38 heavy (non-hydrogen) atoms. The molecule has 3 heterocycles. The monoisotopic (exact) mass is 517 g/mol. The third-order valence-electron chi connectivity index (χ3n) is 6.91. The second-order valence-corrected chi connectivity index (χ2v) is 9.17. The number of esters is 1. The Kier molecular flexibility index (Phi) is 6.77. The van der Waals surface area contributed by atoms with E-state index in [2.05, 4.69) is 13.2 Å². The minimum absolute atomic E-state index is 0.00792. The van der Waals surface area contributed by atoms with Crippen LogP contribution in [0.1, 0.15) is 24.5 Å². The van der Waals surface area contributed by atoms with Gasteiger partial charge in [0.2, 0.25) is 5.91 Å². The van der Waals surface area contributed by atoms with E-state index in [4.69, 9.17) is 18.6 Å². The maximum Gasteiger partial charge on any atom is 0.508 e. The van der Waals surface area contributed by atoms with Gasteiger partial charge in [-0.2, -0.15) is 0 Å². The molecule has 1 N–H and O–H groups in total. The maximum atomic E-state index is 13.3. The summed E-state index contributed by atoms with van der Waals surface area (Å²) in [6.45, 7) is 8.56. The SMILES string of the molecule is C=CCOC(=O)O[C@H](C)[C@H]1C(=O)N2C(C(=O)OCC=C)=C(c3cccc4c3oc3cc(CO)ccc34)C[C@H]12. The quantitative estimate of drug-likeness (QED) is 0.251. The van der Waals surface area contributed by atoms with Crippen LogP contribution < -0.4 is 0 Å². The summed E-state index contributed by atoms with van der Waals surface area (Å²) in [7, 11) is 0. The number of aliphatic hydroxyl groups is 1. The summed E-state index contributed by atoms with van der Waals surface area (Å²) in [4.78, 5) is 39.9. The Morgan fingerprint density at radius 3 is 2.66 bits per heavy atom. The Hall–Kier alpha value is -4.37. The number of carbonyl (C=O) groups is 3. The Balaban J connectivity index is 1.54. The molecular formula is C29H27NO8. The maximum absolute atomic E-state index is 13.3. The molecule has 2 aliphatic rings. The number of hydrogen-bond donors (Lipinski definition) is 1. The molecule has 0 aliphatic carbocycles. The van der Waals surface area contributed by atoms with Crippen LogP contribution in [0.2, 0.25) is 0 Å². The van der Waals surface area contributed by atoms with Crippen LogP contribution >= 0.6 is 0 Å². The van der Waals surface area contributed by atoms with E-state index in [0.717, 1.165) is 10.8 Å². The predicted molar refractivity (Wildman–Crippen MR) is 139 cm³/mol. The molecule has 0 bridgehead atoms. The Bertz CT molecular complexity index is 1500. The zero-order chi connectivity index (χ0) is 27.0. The largest absolute Gasteiger partial charge is 0.508 e. The van der Waals surface area contributed by atoms with Crippen LogP contribution in [0.25, 0.3) is 27.5 Å². The van der Waals surface area contributed by atoms with Gasteiger partial charge >= 0.3 is 12.1 Å². The minimum atomic E-state index is -0.894. The highest BCUT2D eigenvalue weighted by molar-refractivity contribution is 6.12. The van der Waals surface area contributed by atoms with E-state index < -0.39 is 30.2 Å². The molecule has 9 heteroatoms. The zero-order valence-corrected chi connectivity index (χ0v) is 20.8. The first-order chi connectivity index (χ1) is 18.4. The second kappa shape index (κ2) is 10.2. The van der Waals surface area contributed by atoms with Crippen molar-refractivity contribution in [1.29, 1.82) is 0 Å². The van der Waals surface area contributed by atoms with Crippen molar-refractivity contribution in [3.8, 4) is 0 Å². The highest BCUT2D eigenvalue weighted by atomic mass is 16.7. The summed E-state index contributed by atoms with van der Waals surface area (Å²) in [6, 6.07) is 10.7. The van der Waals surface area contributed by atoms with E-state index >= 15 is 0 Å². The summed E-state index contributed by atoms with van der Waals surface area (Å²) in [5, 5.41) is 11.2. The molecule has 9 nitrogen and oxygen atoms in total. The fourth-order valence-corrected chi connectivity index (χ4v) is 5.25. The van der Waals surface area contributed by atoms with Gasteiger partial charge in [-0.3, -0.25) is 4.79 Å². The number of rotatable bonds is 9. The molecule has 0 unspecified atom stereocenters. The van der Waals surface area contributed by atoms with Crippen molar-refractivity contribution in [3.63, 3.8) is 0 Å². The number of fused-ring (bicyclic) bond motifs is 4. The summed E-state index contributed by atoms with van der Waals surface area (Å²) in [6.07, 6.45) is 1.54. The lowest BCUT2D eigenvalue weighted by Crippen LogP contribution is -2.62. The van der Waals surface area contributed by atoms with Crippen molar-refractivity contribution >= 4 is 45.5 Å². The van der Waals surface area contributed by atoms with Crippen LogP contribution in [0.3, 0.4) is 0 Å². The first-order valence-electron chi connectivity index (χ1n) is 12.2. The molecule has 0 saturated carbocycles. The van der Waals surface area contributed by atoms with Crippen LogP contribution in [0.4, 0.5) is 4.79 Å². The van der Waals surface area contributed by atoms with E-state index in [1.807, 2.05) is 30.3 Å². The smallest absolute Gasteiger partial charge is 0.457 e. The molecular weight excluding hydrogens is 490 g/mol. The van der Waals surface area contributed by atoms with Gasteiger partial charge in [-0.1, -0.05) is 55.6 Å². The lowest BCUT2D eigenvalue weighted by molar-refractivity contribution is -0.162. The van der Waals surface area contributed by atoms with Gasteiger partial charge in [0.25, 0.3) is 0 Å². The Morgan fingerprint density at radius 2 is 1.92 bits per heavy atom. The van der Waals surface area contributed by atoms with Crippen molar-refractivity contribution in [3.05, 3.63) is 78.5 Å². The Morgan fingerprint density at radius 1 is 1.16 bits per heavy atom. The number of β-lactam (4-membered cyclic amide) rings is 1. The summed E-state index contributed by atoms with van der Waals surface area (Å²) in [5.41, 5.74) is 3.28. The fraction of sp³-hybridized carbons (Fsp3) is 0.276. The van der Waals surface area contributed by atoms with Gasteiger partial charge in [0.15, 0.2) is 0 Å². The Labute approximate surface area is 218 Å². The normalized spacial score (nSPS) is 19.2. The zero-order valence-electron chi connectivity index (χ0n) is 20.8. The van der Waals surface area contributed by atoms with Gasteiger partial charge in [0.1, 0.15) is 36.2 Å². The summed E-state index contributed by atoms with van der Waals surface area (Å²) >= 11 is 0. The molecule has 3 atom stereocenters. The number of hydrogen-bond acceptors (Lipinski definition) is 8. The van der Waals surface area contributed by atoms with Crippen LogP contribution in [0.15, 0.2) is 71.8 Å². The predicted octanol–water partition coefficient (Wildman–Crippen LogP) is 4.48. The molecule has 0 spiro atoms. The van der Waals surface area contributed by atoms with Gasteiger partial charge in [0, 0.05) is 16.3 Å². The van der Waals surface area contributed by atoms with E-state index in [0.29, 0.717) is 34.3 Å². The molecule has 0 radical (unpaired) electrons. The van der Waals surface area contributed by atoms with E-state index in [1.165, 1.54) is 17.1 Å². The number of benzene rings is 2. The van der Waals surface area contributed by atoms with Crippen molar-refractivity contribution in [2.75, 3.05) is 13.2 Å². The van der Waals surface area contributed by atoms with Crippen molar-refractivity contribution < 1.29 is 38.1 Å². The molecule has 5 rings (SSSR count). The molecule has 196 valence electrons. The molecule has 1 amide bonds. The van der Waals surface area contributed by atoms with E-state index in [-0.39, 0.29) is 31.4 Å². The number of amides is 1. The van der Waals surface area contributed by atoms with Crippen LogP contribution in [-0.4, -0.2) is 53.4 Å². The number of para-hydroxylation sites is 1. The summed E-state index contributed by atoms with van der Waals surface area (Å²) < 4.78 is 21.8. The fourth-order valence-electron chi connectivity index (χ4n) is 5.25. The van der Waals surface area contributed by atoms with Crippen LogP contribution in [0.5, 0.6) is 0 Å². The second-order valence-electron chi connectivity index (χ2n) is 9.17. The first kappa shape index (κ1) is 25.3. The lowest BCUT2D eigenvalue weighted by atomic mass is 9.82. The number of furan rings is 1. The average Bonchev–Trinajstić information content (AvgIpc) is 3.46. The molecule has 1 fully saturated rings. The number of carbonyl (C=O) groups excluding carboxylic acids is 3. The first-order valence-corrected chi connectivity index (χ1v) is 12.2. The van der Waals surface area contributed by atoms with Crippen molar-refractivity contribution in [1.82, 2.24) is 4.90 Å². The van der Waals surface area contributed by atoms with Crippen molar-refractivity contribution in [2.45, 2.75) is 32.1 Å². The van der Waals surface area contributed by atoms with Crippen molar-refractivity contribution in [2.24, 2.45) is 5.92 Å². The van der Waals surface area contributed by atoms with Gasteiger partial charge in [-0.15, -0.1) is 0 Å². The highest BCUT2D eigenvalue weighted by Crippen LogP contribution is 2.49. The van der Waals surface area contributed by atoms with Gasteiger partial charge < -0.3 is 28.6 Å². The molecule has 1 aromatic heterocycles. The molecule has 3 aromatic rings. The topological polar surface area (TPSA) is 116 Å². The lowest BCUT2D eigenvalue weighted by Gasteiger charge is -2.45. The highest BCUT2D eigenvalue weighted by Gasteiger charge is 2.58. The standard InChI is InChI=1S/C29H27NO8/c1-4-11-35-28(33)25-21(14-22-24(27(32)30(22)25)16(3)37-29(34)36-12-5-2)20-8-6-7-19-18-10-9-17(15-31)13-23(18)38-26(19)20/h4-10,13,16,22,24,31H,1-2,11-12,14-15H2,3H3/t16-,22-,24-/m1/s1. The molecule has 2 aromatic carbocycles. The van der Waals surface area contributed by atoms with Crippen LogP contribution in [-0.2, 0) is 30.4 Å². The number of aliphatic hydroxyl groups excluding tert-OH is 1. The molecule has 1 saturated heterocycles. The van der Waals surface area contributed by atoms with E-state index in [9.17, 15) is 19.5 Å². The third-order valence-corrected chi connectivity index (χ3v) is 6.91. The van der Waals surface area contributed by atoms with Gasteiger partial charge in [-0.25, -0.2) is 9.59 Å². The van der Waals surface area contributed by atoms with Crippen LogP contribution in [0, 0.1) is 5.92 Å². The summed E-state index contributed by atoms with van der Waals surface area (Å²) in [5.74, 6) is -1.65. The van der Waals surface area contributed by atoms with E-state index in [1.54, 1.807) is 13.0 Å². The third kappa shape index (κ3) is 4.14. The number of nitrogens with zero attached hydrogens (tertiary/aromatic N) is 1. The van der Waals surface area contributed by atoms with Gasteiger partial charge in [-0.05, 0) is 30.5 Å². The minimum Gasteiger partial charge on any atom is -0.457 e. The molecule has 2 aliphatic heterocycles. The number of ether oxygens (including phenoxy) is 3.